The molecular formula is C19H24F2N4O3S. The molecule has 2 heterocycles. The number of nitrogens with zero attached hydrogens (tertiary/aromatic N) is 3. The molecule has 1 aromatic carbocycles. The Morgan fingerprint density at radius 3 is 2.62 bits per heavy atom. The molecule has 7 nitrogen and oxygen atoms in total. The fourth-order valence-electron chi connectivity index (χ4n) is 4.15. The van der Waals surface area contributed by atoms with E-state index in [2.05, 4.69) is 14.9 Å². The second kappa shape index (κ2) is 7.98. The molecule has 2 N–H and O–H groups in total. The Morgan fingerprint density at radius 2 is 1.83 bits per heavy atom. The van der Waals surface area contributed by atoms with Gasteiger partial charge >= 0.3 is 0 Å². The molecule has 2 aromatic rings. The van der Waals surface area contributed by atoms with E-state index in [0.29, 0.717) is 31.9 Å². The number of anilines is 1. The first kappa shape index (κ1) is 20.2. The average molecular weight is 426 g/mol. The van der Waals surface area contributed by atoms with Gasteiger partial charge in [0.05, 0.1) is 17.4 Å². The number of halogens is 2. The topological polar surface area (TPSA) is 97.1 Å². The lowest BCUT2D eigenvalue weighted by Gasteiger charge is -2.27. The van der Waals surface area contributed by atoms with Crippen molar-refractivity contribution in [2.75, 3.05) is 4.72 Å². The van der Waals surface area contributed by atoms with Crippen molar-refractivity contribution in [3.8, 4) is 11.4 Å². The quantitative estimate of drug-likeness (QED) is 0.783. The monoisotopic (exact) mass is 426 g/mol. The van der Waals surface area contributed by atoms with E-state index in [-0.39, 0.29) is 17.1 Å². The Morgan fingerprint density at radius 1 is 1.03 bits per heavy atom. The second-order valence-corrected chi connectivity index (χ2v) is 9.65. The number of aliphatic hydroxyl groups is 1. The fraction of sp³-hybridized carbons (Fsp3) is 0.579. The van der Waals surface area contributed by atoms with Crippen molar-refractivity contribution in [1.82, 2.24) is 14.8 Å². The summed E-state index contributed by atoms with van der Waals surface area (Å²) in [6.45, 7) is 0.629. The van der Waals surface area contributed by atoms with E-state index in [0.717, 1.165) is 44.0 Å². The van der Waals surface area contributed by atoms with Crippen LogP contribution in [-0.4, -0.2) is 39.6 Å². The molecule has 1 aliphatic carbocycles. The number of hydrogen-bond donors (Lipinski definition) is 2. The number of hydrogen-bond acceptors (Lipinski definition) is 5. The van der Waals surface area contributed by atoms with Crippen molar-refractivity contribution in [3.05, 3.63) is 29.6 Å². The number of fused-ring (bicyclic) bond motifs is 1. The van der Waals surface area contributed by atoms with Crippen LogP contribution in [0.15, 0.2) is 12.1 Å². The normalized spacial score (nSPS) is 22.7. The van der Waals surface area contributed by atoms with Crippen LogP contribution in [0.1, 0.15) is 50.8 Å². The van der Waals surface area contributed by atoms with Crippen molar-refractivity contribution < 1.29 is 22.3 Å². The Kier molecular flexibility index (Phi) is 5.56. The van der Waals surface area contributed by atoms with E-state index >= 15 is 0 Å². The predicted molar refractivity (Wildman–Crippen MR) is 104 cm³/mol. The van der Waals surface area contributed by atoms with Gasteiger partial charge in [0, 0.05) is 19.0 Å². The third-order valence-corrected chi connectivity index (χ3v) is 7.58. The summed E-state index contributed by atoms with van der Waals surface area (Å²) in [5.74, 6) is -0.843. The van der Waals surface area contributed by atoms with Gasteiger partial charge in [-0.3, -0.25) is 4.72 Å². The fourth-order valence-corrected chi connectivity index (χ4v) is 5.79. The molecule has 4 rings (SSSR count). The minimum absolute atomic E-state index is 0.00561. The van der Waals surface area contributed by atoms with Gasteiger partial charge < -0.3 is 9.67 Å². The van der Waals surface area contributed by atoms with Gasteiger partial charge in [0.1, 0.15) is 22.7 Å². The van der Waals surface area contributed by atoms with Crippen LogP contribution in [0.2, 0.25) is 0 Å². The molecule has 1 saturated carbocycles. The number of nitrogens with one attached hydrogen (secondary N) is 1. The van der Waals surface area contributed by atoms with Crippen molar-refractivity contribution in [2.24, 2.45) is 0 Å². The molecule has 0 spiro atoms. The predicted octanol–water partition coefficient (Wildman–Crippen LogP) is 2.99. The van der Waals surface area contributed by atoms with Crippen LogP contribution in [0.4, 0.5) is 14.5 Å². The number of aliphatic hydroxyl groups excluding tert-OH is 1. The summed E-state index contributed by atoms with van der Waals surface area (Å²) < 4.78 is 58.4. The molecule has 2 aliphatic rings. The number of aryl methyl sites for hydroxylation is 1. The number of rotatable bonds is 4. The summed E-state index contributed by atoms with van der Waals surface area (Å²) in [5, 5.41) is 17.2. The van der Waals surface area contributed by atoms with E-state index in [1.807, 2.05) is 4.57 Å². The number of benzene rings is 1. The highest BCUT2D eigenvalue weighted by Crippen LogP contribution is 2.31. The first-order chi connectivity index (χ1) is 13.9. The van der Waals surface area contributed by atoms with Crippen LogP contribution < -0.4 is 4.72 Å². The third kappa shape index (κ3) is 4.00. The van der Waals surface area contributed by atoms with Crippen LogP contribution in [0.25, 0.3) is 11.4 Å². The standard InChI is InChI=1S/C19H24F2N4O3S/c20-13-11-14(21)15(24-29(27,28)17-7-4-3-6-16(17)26)10-12(13)19-23-22-18-8-2-1-5-9-25(18)19/h10-11,16-17,24,26H,1-9H2. The summed E-state index contributed by atoms with van der Waals surface area (Å²) in [6.07, 6.45) is 4.73. The molecule has 158 valence electrons. The van der Waals surface area contributed by atoms with Crippen LogP contribution in [0.5, 0.6) is 0 Å². The van der Waals surface area contributed by atoms with Gasteiger partial charge in [-0.2, -0.15) is 0 Å². The Hall–Kier alpha value is -2.07. The maximum atomic E-state index is 14.6. The molecule has 0 bridgehead atoms. The molecule has 29 heavy (non-hydrogen) atoms. The van der Waals surface area contributed by atoms with Gasteiger partial charge in [0.25, 0.3) is 0 Å². The van der Waals surface area contributed by atoms with Crippen molar-refractivity contribution in [2.45, 2.75) is 69.3 Å². The highest BCUT2D eigenvalue weighted by molar-refractivity contribution is 7.93. The first-order valence-electron chi connectivity index (χ1n) is 9.98. The van der Waals surface area contributed by atoms with Gasteiger partial charge in [-0.25, -0.2) is 17.2 Å². The first-order valence-corrected chi connectivity index (χ1v) is 11.5. The molecule has 0 amide bonds. The van der Waals surface area contributed by atoms with E-state index in [9.17, 15) is 22.3 Å². The molecule has 1 aliphatic heterocycles. The van der Waals surface area contributed by atoms with Crippen LogP contribution in [0.3, 0.4) is 0 Å². The zero-order valence-corrected chi connectivity index (χ0v) is 16.8. The van der Waals surface area contributed by atoms with Gasteiger partial charge in [0.15, 0.2) is 5.82 Å². The Bertz CT molecular complexity index is 1010. The Balaban J connectivity index is 1.69. The molecule has 0 saturated heterocycles. The van der Waals surface area contributed by atoms with E-state index in [1.54, 1.807) is 0 Å². The summed E-state index contributed by atoms with van der Waals surface area (Å²) in [4.78, 5) is 0. The van der Waals surface area contributed by atoms with Crippen LogP contribution in [0, 0.1) is 11.6 Å². The smallest absolute Gasteiger partial charge is 0.238 e. The molecule has 1 fully saturated rings. The highest BCUT2D eigenvalue weighted by atomic mass is 32.2. The lowest BCUT2D eigenvalue weighted by molar-refractivity contribution is 0.133. The zero-order chi connectivity index (χ0) is 20.6. The summed E-state index contributed by atoms with van der Waals surface area (Å²) in [5.41, 5.74) is -0.362. The summed E-state index contributed by atoms with van der Waals surface area (Å²) in [7, 11) is -4.03. The number of aromatic nitrogens is 3. The van der Waals surface area contributed by atoms with Crippen molar-refractivity contribution >= 4 is 15.7 Å². The molecule has 1 aromatic heterocycles. The summed E-state index contributed by atoms with van der Waals surface area (Å²) >= 11 is 0. The Labute approximate surface area is 168 Å². The number of sulfonamides is 1. The largest absolute Gasteiger partial charge is 0.392 e. The average Bonchev–Trinajstić information content (AvgIpc) is 2.91. The lowest BCUT2D eigenvalue weighted by atomic mass is 9.97. The van der Waals surface area contributed by atoms with E-state index < -0.39 is 33.0 Å². The van der Waals surface area contributed by atoms with Crippen molar-refractivity contribution in [1.29, 1.82) is 0 Å². The van der Waals surface area contributed by atoms with Gasteiger partial charge in [-0.1, -0.05) is 19.3 Å². The zero-order valence-electron chi connectivity index (χ0n) is 15.9. The molecule has 0 radical (unpaired) electrons. The van der Waals surface area contributed by atoms with Crippen LogP contribution >= 0.6 is 0 Å². The molecule has 2 unspecified atom stereocenters. The van der Waals surface area contributed by atoms with Crippen LogP contribution in [-0.2, 0) is 23.0 Å². The highest BCUT2D eigenvalue weighted by Gasteiger charge is 2.35. The van der Waals surface area contributed by atoms with Crippen molar-refractivity contribution in [3.63, 3.8) is 0 Å². The second-order valence-electron chi connectivity index (χ2n) is 7.75. The molecular weight excluding hydrogens is 402 g/mol. The van der Waals surface area contributed by atoms with E-state index in [4.69, 9.17) is 0 Å². The third-order valence-electron chi connectivity index (χ3n) is 5.73. The maximum Gasteiger partial charge on any atom is 0.238 e. The SMILES string of the molecule is O=S(=O)(Nc1cc(-c2nnc3n2CCCCC3)c(F)cc1F)C1CCCCC1O. The minimum Gasteiger partial charge on any atom is -0.392 e. The van der Waals surface area contributed by atoms with E-state index in [1.165, 1.54) is 0 Å². The van der Waals surface area contributed by atoms with Gasteiger partial charge in [-0.15, -0.1) is 10.2 Å². The van der Waals surface area contributed by atoms with Gasteiger partial charge in [-0.05, 0) is 31.7 Å². The van der Waals surface area contributed by atoms with Gasteiger partial charge in [0.2, 0.25) is 10.0 Å². The minimum atomic E-state index is -4.03. The molecule has 10 heteroatoms. The molecule has 2 atom stereocenters. The maximum absolute atomic E-state index is 14.6. The summed E-state index contributed by atoms with van der Waals surface area (Å²) in [6, 6.07) is 1.78. The lowest BCUT2D eigenvalue weighted by Crippen LogP contribution is -2.40.